The molecule has 2 saturated heterocycles. The van der Waals surface area contributed by atoms with Crippen molar-refractivity contribution in [1.29, 1.82) is 0 Å². The number of hydrogen-bond acceptors (Lipinski definition) is 10. The van der Waals surface area contributed by atoms with E-state index in [4.69, 9.17) is 14.2 Å². The summed E-state index contributed by atoms with van der Waals surface area (Å²) in [6.07, 6.45) is -9.34. The van der Waals surface area contributed by atoms with Crippen LogP contribution >= 0.6 is 0 Å². The van der Waals surface area contributed by atoms with E-state index in [2.05, 4.69) is 5.32 Å². The zero-order chi connectivity index (χ0) is 32.1. The van der Waals surface area contributed by atoms with Gasteiger partial charge in [0.05, 0.1) is 25.4 Å². The van der Waals surface area contributed by atoms with Gasteiger partial charge in [0, 0.05) is 29.3 Å². The molecule has 44 heavy (non-hydrogen) atoms. The van der Waals surface area contributed by atoms with Crippen molar-refractivity contribution in [3.8, 4) is 5.75 Å². The molecule has 0 bridgehead atoms. The van der Waals surface area contributed by atoms with Crippen LogP contribution in [0.25, 0.3) is 0 Å². The maximum absolute atomic E-state index is 15.7. The summed E-state index contributed by atoms with van der Waals surface area (Å²) in [7, 11) is -1.85. The molecular formula is C30H39FN2O10Si. The second-order valence-electron chi connectivity index (χ2n) is 12.2. The van der Waals surface area contributed by atoms with Crippen molar-refractivity contribution in [3.63, 3.8) is 0 Å². The first kappa shape index (κ1) is 32.4. The lowest BCUT2D eigenvalue weighted by molar-refractivity contribution is -0.274. The monoisotopic (exact) mass is 634 g/mol. The van der Waals surface area contributed by atoms with Gasteiger partial charge in [0.1, 0.15) is 24.1 Å². The van der Waals surface area contributed by atoms with Crippen LogP contribution in [0.3, 0.4) is 0 Å². The average Bonchev–Trinajstić information content (AvgIpc) is 3.40. The fraction of sp³-hybridized carbons (Fsp3) is 0.533. The molecule has 0 aliphatic carbocycles. The van der Waals surface area contributed by atoms with Crippen LogP contribution in [-0.4, -0.2) is 96.3 Å². The van der Waals surface area contributed by atoms with E-state index >= 15 is 4.11 Å². The van der Waals surface area contributed by atoms with Crippen molar-refractivity contribution in [2.45, 2.75) is 80.9 Å². The molecule has 2 amide bonds. The Morgan fingerprint density at radius 2 is 1.84 bits per heavy atom. The van der Waals surface area contributed by atoms with Crippen molar-refractivity contribution < 1.29 is 53.4 Å². The van der Waals surface area contributed by atoms with E-state index in [0.29, 0.717) is 22.6 Å². The molecule has 2 fully saturated rings. The third-order valence-corrected chi connectivity index (χ3v) is 11.4. The van der Waals surface area contributed by atoms with Crippen LogP contribution in [0.2, 0.25) is 18.6 Å². The third kappa shape index (κ3) is 5.43. The van der Waals surface area contributed by atoms with Crippen LogP contribution in [-0.2, 0) is 31.2 Å². The number of anilines is 2. The molecule has 3 heterocycles. The zero-order valence-corrected chi connectivity index (χ0v) is 25.9. The Balaban J connectivity index is 1.44. The van der Waals surface area contributed by atoms with E-state index in [-0.39, 0.29) is 31.2 Å². The molecule has 0 aromatic heterocycles. The standard InChI is InChI=1S/C30H39FN2O10Si/c1-15-26(44(3,4)31)21(10-11-34)43-30(15)19-13-18(41-2)8-9-20(19)33(29(30)40)14-16-6-5-7-17(12-16)32-27(38)25-23(36)22(35)24(37)28(39)42-25/h5-9,12-13,15,21-26,28,34-37,39H,10-11,14H2,1-4H3,(H,32,38)/t15-,21+,22+,23+,24-,25+,26-,28-,30+/m1/s1. The molecule has 0 unspecified atom stereocenters. The van der Waals surface area contributed by atoms with Gasteiger partial charge in [-0.05, 0) is 55.4 Å². The second kappa shape index (κ2) is 12.1. The molecule has 240 valence electrons. The Hall–Kier alpha value is -2.95. The Labute approximate surface area is 255 Å². The van der Waals surface area contributed by atoms with Gasteiger partial charge in [-0.2, -0.15) is 0 Å². The molecule has 9 atom stereocenters. The smallest absolute Gasteiger partial charge is 0.264 e. The first-order valence-corrected chi connectivity index (χ1v) is 17.5. The zero-order valence-electron chi connectivity index (χ0n) is 24.9. The molecule has 5 rings (SSSR count). The highest BCUT2D eigenvalue weighted by Crippen LogP contribution is 2.60. The highest BCUT2D eigenvalue weighted by atomic mass is 28.4. The van der Waals surface area contributed by atoms with Crippen molar-refractivity contribution in [3.05, 3.63) is 53.6 Å². The molecule has 0 radical (unpaired) electrons. The average molecular weight is 635 g/mol. The van der Waals surface area contributed by atoms with Gasteiger partial charge in [0.15, 0.2) is 18.0 Å². The molecule has 14 heteroatoms. The van der Waals surface area contributed by atoms with Gasteiger partial charge in [0.25, 0.3) is 11.8 Å². The van der Waals surface area contributed by atoms with E-state index in [1.165, 1.54) is 7.11 Å². The molecule has 6 N–H and O–H groups in total. The summed E-state index contributed by atoms with van der Waals surface area (Å²) in [5, 5.41) is 52.0. The fourth-order valence-electron chi connectivity index (χ4n) is 6.93. The Morgan fingerprint density at radius 1 is 1.11 bits per heavy atom. The SMILES string of the molecule is COc1ccc2c(c1)[C@]1(O[C@@H](CCO)[C@H]([Si](C)(C)F)[C@H]1C)C(=O)N2Cc1cccc(NC(=O)[C@H]2O[C@@H](O)[C@H](O)[C@@H](O)[C@@H]2O)c1. The lowest BCUT2D eigenvalue weighted by atomic mass is 9.82. The van der Waals surface area contributed by atoms with E-state index in [9.17, 15) is 35.1 Å². The van der Waals surface area contributed by atoms with Gasteiger partial charge < -0.3 is 54.1 Å². The van der Waals surface area contributed by atoms with Gasteiger partial charge in [-0.3, -0.25) is 9.59 Å². The molecule has 2 aromatic rings. The van der Waals surface area contributed by atoms with Crippen molar-refractivity contribution in [2.75, 3.05) is 23.9 Å². The number of rotatable bonds is 8. The van der Waals surface area contributed by atoms with Crippen molar-refractivity contribution >= 4 is 31.6 Å². The maximum Gasteiger partial charge on any atom is 0.264 e. The predicted octanol–water partition coefficient (Wildman–Crippen LogP) is 1.14. The van der Waals surface area contributed by atoms with Crippen LogP contribution in [0.4, 0.5) is 15.5 Å². The number of fused-ring (bicyclic) bond motifs is 2. The number of ether oxygens (including phenoxy) is 3. The number of nitrogens with zero attached hydrogens (tertiary/aromatic N) is 1. The van der Waals surface area contributed by atoms with Crippen LogP contribution in [0.5, 0.6) is 5.75 Å². The Morgan fingerprint density at radius 3 is 2.50 bits per heavy atom. The number of methoxy groups -OCH3 is 1. The van der Waals surface area contributed by atoms with E-state index in [1.807, 2.05) is 6.92 Å². The van der Waals surface area contributed by atoms with Crippen LogP contribution in [0.15, 0.2) is 42.5 Å². The number of carbonyl (C=O) groups excluding carboxylic acids is 2. The number of nitrogens with one attached hydrogen (secondary N) is 1. The molecule has 3 aliphatic rings. The normalized spacial score (nSPS) is 33.5. The first-order valence-electron chi connectivity index (χ1n) is 14.5. The highest BCUT2D eigenvalue weighted by molar-refractivity contribution is 6.72. The van der Waals surface area contributed by atoms with Gasteiger partial charge >= 0.3 is 0 Å². The fourth-order valence-corrected chi connectivity index (χ4v) is 9.47. The molecule has 12 nitrogen and oxygen atoms in total. The summed E-state index contributed by atoms with van der Waals surface area (Å²) in [6, 6.07) is 11.8. The van der Waals surface area contributed by atoms with Crippen LogP contribution in [0.1, 0.15) is 24.5 Å². The van der Waals surface area contributed by atoms with E-state index in [0.717, 1.165) is 0 Å². The minimum absolute atomic E-state index is 0.0671. The topological polar surface area (TPSA) is 178 Å². The van der Waals surface area contributed by atoms with Crippen molar-refractivity contribution in [1.82, 2.24) is 0 Å². The molecule has 0 saturated carbocycles. The van der Waals surface area contributed by atoms with Crippen LogP contribution < -0.4 is 15.0 Å². The second-order valence-corrected chi connectivity index (χ2v) is 16.0. The number of amides is 2. The van der Waals surface area contributed by atoms with E-state index in [1.54, 1.807) is 60.5 Å². The minimum atomic E-state index is -3.36. The van der Waals surface area contributed by atoms with Gasteiger partial charge in [0.2, 0.25) is 8.41 Å². The minimum Gasteiger partial charge on any atom is -0.497 e. The quantitative estimate of drug-likeness (QED) is 0.182. The summed E-state index contributed by atoms with van der Waals surface area (Å²) in [6.45, 7) is 4.86. The van der Waals surface area contributed by atoms with Gasteiger partial charge in [-0.1, -0.05) is 19.1 Å². The number of carbonyl (C=O) groups is 2. The summed E-state index contributed by atoms with van der Waals surface area (Å²) in [5.74, 6) is -1.26. The molecular weight excluding hydrogens is 595 g/mol. The number of aliphatic hydroxyl groups is 5. The number of hydrogen-bond donors (Lipinski definition) is 6. The van der Waals surface area contributed by atoms with Gasteiger partial charge in [-0.25, -0.2) is 0 Å². The number of benzene rings is 2. The molecule has 1 spiro atoms. The summed E-state index contributed by atoms with van der Waals surface area (Å²) in [4.78, 5) is 28.9. The molecule has 2 aromatic carbocycles. The highest BCUT2D eigenvalue weighted by Gasteiger charge is 2.66. The summed E-state index contributed by atoms with van der Waals surface area (Å²) >= 11 is 0. The molecule has 3 aliphatic heterocycles. The lowest BCUT2D eigenvalue weighted by Gasteiger charge is -2.37. The lowest BCUT2D eigenvalue weighted by Crippen LogP contribution is -2.60. The van der Waals surface area contributed by atoms with E-state index < -0.39 is 68.2 Å². The largest absolute Gasteiger partial charge is 0.497 e. The predicted molar refractivity (Wildman–Crippen MR) is 158 cm³/mol. The third-order valence-electron chi connectivity index (χ3n) is 8.96. The number of aliphatic hydroxyl groups excluding tert-OH is 5. The van der Waals surface area contributed by atoms with Crippen LogP contribution in [0, 0.1) is 5.92 Å². The Kier molecular flexibility index (Phi) is 8.92. The first-order chi connectivity index (χ1) is 20.7. The summed E-state index contributed by atoms with van der Waals surface area (Å²) in [5.41, 5.74) is -0.00801. The Bertz CT molecular complexity index is 1410. The summed E-state index contributed by atoms with van der Waals surface area (Å²) < 4.78 is 32.7. The maximum atomic E-state index is 15.7. The van der Waals surface area contributed by atoms with Gasteiger partial charge in [-0.15, -0.1) is 0 Å². The number of halogens is 1. The van der Waals surface area contributed by atoms with Crippen molar-refractivity contribution in [2.24, 2.45) is 5.92 Å².